The Hall–Kier alpha value is -2.16. The van der Waals surface area contributed by atoms with Gasteiger partial charge in [-0.3, -0.25) is 9.59 Å². The molecule has 1 aromatic carbocycles. The van der Waals surface area contributed by atoms with Crippen molar-refractivity contribution >= 4 is 17.3 Å². The fraction of sp³-hybridized carbons (Fsp3) is 0.400. The van der Waals surface area contributed by atoms with E-state index in [0.29, 0.717) is 17.7 Å². The number of Topliss-reactive ketones (excluding diaryl/α,β-unsaturated/α-hetero) is 1. The zero-order valence-corrected chi connectivity index (χ0v) is 13.6. The van der Waals surface area contributed by atoms with Gasteiger partial charge in [0, 0.05) is 11.1 Å². The minimum atomic E-state index is -0.272. The lowest BCUT2D eigenvalue weighted by Crippen LogP contribution is -2.05. The molecule has 2 aliphatic rings. The van der Waals surface area contributed by atoms with Crippen LogP contribution in [0.5, 0.6) is 0 Å². The first-order chi connectivity index (χ1) is 11.2. The van der Waals surface area contributed by atoms with E-state index in [1.165, 1.54) is 24.8 Å². The van der Waals surface area contributed by atoms with Crippen molar-refractivity contribution in [1.82, 2.24) is 0 Å². The molecule has 1 fully saturated rings. The van der Waals surface area contributed by atoms with Gasteiger partial charge >= 0.3 is 5.97 Å². The van der Waals surface area contributed by atoms with Crippen LogP contribution in [0.1, 0.15) is 61.4 Å². The van der Waals surface area contributed by atoms with Gasteiger partial charge in [0.15, 0.2) is 5.78 Å². The molecule has 0 heterocycles. The van der Waals surface area contributed by atoms with E-state index in [0.717, 1.165) is 24.0 Å². The lowest BCUT2D eigenvalue weighted by atomic mass is 9.92. The molecule has 3 nitrogen and oxygen atoms in total. The topological polar surface area (TPSA) is 43.4 Å². The lowest BCUT2D eigenvalue weighted by Gasteiger charge is -2.14. The second-order valence-electron chi connectivity index (χ2n) is 6.11. The fourth-order valence-electron chi connectivity index (χ4n) is 3.43. The van der Waals surface area contributed by atoms with Crippen LogP contribution in [0, 0.1) is 0 Å². The largest absolute Gasteiger partial charge is 0.466 e. The predicted molar refractivity (Wildman–Crippen MR) is 90.1 cm³/mol. The highest BCUT2D eigenvalue weighted by molar-refractivity contribution is 6.23. The summed E-state index contributed by atoms with van der Waals surface area (Å²) in [6.07, 6.45) is 7.95. The molecular formula is C20H22O3. The quantitative estimate of drug-likeness (QED) is 0.770. The maximum atomic E-state index is 12.8. The summed E-state index contributed by atoms with van der Waals surface area (Å²) in [6.45, 7) is 2.16. The Labute approximate surface area is 137 Å². The van der Waals surface area contributed by atoms with Crippen LogP contribution < -0.4 is 0 Å². The van der Waals surface area contributed by atoms with Gasteiger partial charge in [0.2, 0.25) is 0 Å². The van der Waals surface area contributed by atoms with Crippen molar-refractivity contribution in [3.8, 4) is 0 Å². The van der Waals surface area contributed by atoms with Gasteiger partial charge in [-0.25, -0.2) is 0 Å². The molecule has 0 amide bonds. The number of benzene rings is 1. The maximum absolute atomic E-state index is 12.8. The predicted octanol–water partition coefficient (Wildman–Crippen LogP) is 4.48. The Balaban J connectivity index is 1.99. The summed E-state index contributed by atoms with van der Waals surface area (Å²) in [5.74, 6) is -0.232. The number of fused-ring (bicyclic) bond motifs is 1. The minimum Gasteiger partial charge on any atom is -0.466 e. The van der Waals surface area contributed by atoms with Gasteiger partial charge in [-0.05, 0) is 43.7 Å². The van der Waals surface area contributed by atoms with Gasteiger partial charge in [0.1, 0.15) is 0 Å². The van der Waals surface area contributed by atoms with Crippen molar-refractivity contribution in [3.63, 3.8) is 0 Å². The molecule has 0 N–H and O–H groups in total. The van der Waals surface area contributed by atoms with E-state index in [1.807, 2.05) is 30.3 Å². The summed E-state index contributed by atoms with van der Waals surface area (Å²) in [7, 11) is 0. The first-order valence-electron chi connectivity index (χ1n) is 8.43. The molecule has 0 atom stereocenters. The van der Waals surface area contributed by atoms with Crippen molar-refractivity contribution in [2.24, 2.45) is 0 Å². The van der Waals surface area contributed by atoms with Gasteiger partial charge in [0.25, 0.3) is 0 Å². The molecule has 3 rings (SSSR count). The molecule has 0 spiro atoms. The summed E-state index contributed by atoms with van der Waals surface area (Å²) in [5, 5.41) is 0. The van der Waals surface area contributed by atoms with Crippen molar-refractivity contribution in [2.45, 2.75) is 45.4 Å². The Kier molecular flexibility index (Phi) is 4.75. The highest BCUT2D eigenvalue weighted by atomic mass is 16.5. The standard InChI is InChI=1S/C20H22O3/c1-2-23-19(21)13-17-15-10-6-7-11-16(15)20(22)18(17)12-14-8-4-3-5-9-14/h6-7,10-12H,2-5,8-9,13H2,1H3. The molecule has 0 unspecified atom stereocenters. The summed E-state index contributed by atoms with van der Waals surface area (Å²) < 4.78 is 5.09. The number of esters is 1. The average molecular weight is 310 g/mol. The van der Waals surface area contributed by atoms with Crippen LogP contribution in [0.3, 0.4) is 0 Å². The SMILES string of the molecule is CCOC(=O)CC1=C(C=C2CCCCC2)C(=O)c2ccccc21. The molecule has 0 radical (unpaired) electrons. The van der Waals surface area contributed by atoms with Crippen molar-refractivity contribution in [3.05, 3.63) is 52.6 Å². The third-order valence-corrected chi connectivity index (χ3v) is 4.54. The van der Waals surface area contributed by atoms with Gasteiger partial charge < -0.3 is 4.74 Å². The number of ether oxygens (including phenoxy) is 1. The Bertz CT molecular complexity index is 687. The second-order valence-corrected chi connectivity index (χ2v) is 6.11. The number of allylic oxidation sites excluding steroid dienone is 3. The third kappa shape index (κ3) is 3.29. The molecule has 0 saturated heterocycles. The minimum absolute atomic E-state index is 0.0398. The van der Waals surface area contributed by atoms with Crippen LogP contribution in [0.15, 0.2) is 41.5 Å². The molecular weight excluding hydrogens is 288 g/mol. The van der Waals surface area contributed by atoms with Crippen LogP contribution in [-0.4, -0.2) is 18.4 Å². The van der Waals surface area contributed by atoms with E-state index in [2.05, 4.69) is 0 Å². The van der Waals surface area contributed by atoms with Crippen LogP contribution in [-0.2, 0) is 9.53 Å². The molecule has 23 heavy (non-hydrogen) atoms. The van der Waals surface area contributed by atoms with E-state index < -0.39 is 0 Å². The number of carbonyl (C=O) groups is 2. The maximum Gasteiger partial charge on any atom is 0.310 e. The Morgan fingerprint density at radius 1 is 1.13 bits per heavy atom. The van der Waals surface area contributed by atoms with Gasteiger partial charge in [0.05, 0.1) is 13.0 Å². The van der Waals surface area contributed by atoms with Crippen LogP contribution in [0.25, 0.3) is 5.57 Å². The van der Waals surface area contributed by atoms with Crippen molar-refractivity contribution < 1.29 is 14.3 Å². The van der Waals surface area contributed by atoms with Crippen LogP contribution in [0.2, 0.25) is 0 Å². The van der Waals surface area contributed by atoms with Gasteiger partial charge in [-0.2, -0.15) is 0 Å². The van der Waals surface area contributed by atoms with Gasteiger partial charge in [-0.15, -0.1) is 0 Å². The second kappa shape index (κ2) is 6.95. The molecule has 0 aliphatic heterocycles. The number of ketones is 1. The monoisotopic (exact) mass is 310 g/mol. The lowest BCUT2D eigenvalue weighted by molar-refractivity contribution is -0.141. The van der Waals surface area contributed by atoms with E-state index in [1.54, 1.807) is 6.92 Å². The van der Waals surface area contributed by atoms with Gasteiger partial charge in [-0.1, -0.05) is 42.3 Å². The fourth-order valence-corrected chi connectivity index (χ4v) is 3.43. The molecule has 0 bridgehead atoms. The average Bonchev–Trinajstić information content (AvgIpc) is 2.82. The van der Waals surface area contributed by atoms with Crippen molar-refractivity contribution in [1.29, 1.82) is 0 Å². The van der Waals surface area contributed by atoms with Crippen molar-refractivity contribution in [2.75, 3.05) is 6.61 Å². The Morgan fingerprint density at radius 3 is 2.52 bits per heavy atom. The number of carbonyl (C=O) groups excluding carboxylic acids is 2. The number of hydrogen-bond donors (Lipinski definition) is 0. The zero-order chi connectivity index (χ0) is 16.2. The smallest absolute Gasteiger partial charge is 0.310 e. The summed E-state index contributed by atoms with van der Waals surface area (Å²) >= 11 is 0. The van der Waals surface area contributed by atoms with E-state index in [-0.39, 0.29) is 18.2 Å². The number of rotatable bonds is 4. The molecule has 1 aromatic rings. The highest BCUT2D eigenvalue weighted by Gasteiger charge is 2.29. The number of hydrogen-bond acceptors (Lipinski definition) is 3. The van der Waals surface area contributed by atoms with E-state index >= 15 is 0 Å². The van der Waals surface area contributed by atoms with Crippen LogP contribution >= 0.6 is 0 Å². The molecule has 1 saturated carbocycles. The highest BCUT2D eigenvalue weighted by Crippen LogP contribution is 2.37. The summed E-state index contributed by atoms with van der Waals surface area (Å²) in [6, 6.07) is 7.55. The molecule has 3 heteroatoms. The molecule has 0 aromatic heterocycles. The zero-order valence-electron chi connectivity index (χ0n) is 13.6. The summed E-state index contributed by atoms with van der Waals surface area (Å²) in [5.41, 5.74) is 4.43. The first-order valence-corrected chi connectivity index (χ1v) is 8.43. The van der Waals surface area contributed by atoms with E-state index in [9.17, 15) is 9.59 Å². The Morgan fingerprint density at radius 2 is 1.83 bits per heavy atom. The normalized spacial score (nSPS) is 17.3. The molecule has 2 aliphatic carbocycles. The summed E-state index contributed by atoms with van der Waals surface area (Å²) in [4.78, 5) is 24.7. The van der Waals surface area contributed by atoms with E-state index in [4.69, 9.17) is 4.74 Å². The first kappa shape index (κ1) is 15.7. The van der Waals surface area contributed by atoms with Crippen LogP contribution in [0.4, 0.5) is 0 Å². The molecule has 120 valence electrons. The third-order valence-electron chi connectivity index (χ3n) is 4.54.